The third-order valence-corrected chi connectivity index (χ3v) is 6.60. The summed E-state index contributed by atoms with van der Waals surface area (Å²) in [6, 6.07) is 2.96. The first-order valence-electron chi connectivity index (χ1n) is 6.83. The van der Waals surface area contributed by atoms with E-state index in [2.05, 4.69) is 15.9 Å². The van der Waals surface area contributed by atoms with Gasteiger partial charge in [0, 0.05) is 30.7 Å². The Morgan fingerprint density at radius 1 is 1.22 bits per heavy atom. The third-order valence-electron chi connectivity index (χ3n) is 3.33. The number of carbonyl (C=O) groups excluding carboxylic acids is 1. The Morgan fingerprint density at radius 3 is 2.22 bits per heavy atom. The van der Waals surface area contributed by atoms with Crippen LogP contribution in [0.25, 0.3) is 0 Å². The molecule has 23 heavy (non-hydrogen) atoms. The second-order valence-corrected chi connectivity index (χ2v) is 8.39. The van der Waals surface area contributed by atoms with Gasteiger partial charge in [-0.3, -0.25) is 0 Å². The lowest BCUT2D eigenvalue weighted by atomic mass is 10.4. The van der Waals surface area contributed by atoms with E-state index in [1.54, 1.807) is 6.92 Å². The van der Waals surface area contributed by atoms with Crippen molar-refractivity contribution in [3.63, 3.8) is 0 Å². The zero-order valence-electron chi connectivity index (χ0n) is 12.3. The number of nitrogens with zero attached hydrogens (tertiary/aromatic N) is 2. The van der Waals surface area contributed by atoms with E-state index in [1.807, 2.05) is 0 Å². The molecule has 2 rings (SSSR count). The molecule has 10 heteroatoms. The summed E-state index contributed by atoms with van der Waals surface area (Å²) in [5.74, 6) is 0. The van der Waals surface area contributed by atoms with Gasteiger partial charge in [-0.25, -0.2) is 13.2 Å². The summed E-state index contributed by atoms with van der Waals surface area (Å²) in [4.78, 5) is 13.0. The van der Waals surface area contributed by atoms with Crippen LogP contribution in [-0.2, 0) is 14.8 Å². The van der Waals surface area contributed by atoms with E-state index in [-0.39, 0.29) is 47.7 Å². The Balaban J connectivity index is 2.19. The Morgan fingerprint density at radius 2 is 1.74 bits per heavy atom. The van der Waals surface area contributed by atoms with Crippen molar-refractivity contribution in [1.82, 2.24) is 9.21 Å². The number of carbonyl (C=O) groups is 1. The van der Waals surface area contributed by atoms with Gasteiger partial charge < -0.3 is 9.64 Å². The highest BCUT2D eigenvalue weighted by atomic mass is 79.9. The largest absolute Gasteiger partial charge is 0.450 e. The molecule has 1 aliphatic rings. The van der Waals surface area contributed by atoms with E-state index in [0.29, 0.717) is 4.47 Å². The molecule has 0 atom stereocenters. The summed E-state index contributed by atoms with van der Waals surface area (Å²) in [5.41, 5.74) is 0. The van der Waals surface area contributed by atoms with Crippen LogP contribution in [0, 0.1) is 0 Å². The molecule has 0 bridgehead atoms. The van der Waals surface area contributed by atoms with E-state index >= 15 is 0 Å². The summed E-state index contributed by atoms with van der Waals surface area (Å²) >= 11 is 15.3. The molecule has 0 saturated carbocycles. The molecule has 1 heterocycles. The first-order valence-corrected chi connectivity index (χ1v) is 9.82. The molecule has 1 aliphatic heterocycles. The average Bonchev–Trinajstić information content (AvgIpc) is 2.46. The minimum atomic E-state index is -3.83. The number of halogens is 3. The van der Waals surface area contributed by atoms with Crippen molar-refractivity contribution in [1.29, 1.82) is 0 Å². The van der Waals surface area contributed by atoms with Crippen molar-refractivity contribution in [2.24, 2.45) is 0 Å². The van der Waals surface area contributed by atoms with Crippen LogP contribution in [0.1, 0.15) is 6.92 Å². The Kier molecular flexibility index (Phi) is 6.18. The van der Waals surface area contributed by atoms with Crippen LogP contribution in [0.5, 0.6) is 0 Å². The maximum Gasteiger partial charge on any atom is 0.409 e. The molecule has 1 aromatic carbocycles. The lowest BCUT2D eigenvalue weighted by Gasteiger charge is -2.33. The molecule has 0 aromatic heterocycles. The minimum absolute atomic E-state index is 0.0530. The molecule has 1 amide bonds. The van der Waals surface area contributed by atoms with Gasteiger partial charge in [0.05, 0.1) is 16.7 Å². The van der Waals surface area contributed by atoms with Gasteiger partial charge in [0.25, 0.3) is 0 Å². The number of hydrogen-bond donors (Lipinski definition) is 0. The lowest BCUT2D eigenvalue weighted by molar-refractivity contribution is 0.0934. The number of ether oxygens (including phenoxy) is 1. The maximum atomic E-state index is 12.7. The van der Waals surface area contributed by atoms with Gasteiger partial charge >= 0.3 is 6.09 Å². The molecule has 0 radical (unpaired) electrons. The number of piperazine rings is 1. The third kappa shape index (κ3) is 4.11. The van der Waals surface area contributed by atoms with Crippen molar-refractivity contribution in [3.05, 3.63) is 26.7 Å². The lowest BCUT2D eigenvalue weighted by Crippen LogP contribution is -2.50. The zero-order chi connectivity index (χ0) is 17.2. The van der Waals surface area contributed by atoms with Gasteiger partial charge in [0.2, 0.25) is 10.0 Å². The summed E-state index contributed by atoms with van der Waals surface area (Å²) in [7, 11) is -3.83. The molecular weight excluding hydrogens is 431 g/mol. The Labute approximate surface area is 153 Å². The quantitative estimate of drug-likeness (QED) is 0.716. The van der Waals surface area contributed by atoms with Crippen LogP contribution in [0.2, 0.25) is 10.0 Å². The smallest absolute Gasteiger partial charge is 0.409 e. The number of hydrogen-bond acceptors (Lipinski definition) is 4. The molecule has 1 fully saturated rings. The van der Waals surface area contributed by atoms with Crippen LogP contribution in [0.4, 0.5) is 4.79 Å². The van der Waals surface area contributed by atoms with Gasteiger partial charge in [0.1, 0.15) is 4.90 Å². The zero-order valence-corrected chi connectivity index (χ0v) is 16.2. The predicted molar refractivity (Wildman–Crippen MR) is 91.5 cm³/mol. The number of sulfonamides is 1. The normalized spacial score (nSPS) is 16.4. The summed E-state index contributed by atoms with van der Waals surface area (Å²) in [5, 5.41) is 0.106. The summed E-state index contributed by atoms with van der Waals surface area (Å²) in [6.07, 6.45) is -0.441. The number of rotatable bonds is 3. The van der Waals surface area contributed by atoms with Gasteiger partial charge in [0.15, 0.2) is 0 Å². The molecular formula is C13H15BrCl2N2O4S. The van der Waals surface area contributed by atoms with Crippen LogP contribution in [-0.4, -0.2) is 56.5 Å². The first-order chi connectivity index (χ1) is 10.8. The molecule has 0 aliphatic carbocycles. The topological polar surface area (TPSA) is 66.9 Å². The van der Waals surface area contributed by atoms with Gasteiger partial charge in [-0.05, 0) is 19.1 Å². The molecule has 1 aromatic rings. The van der Waals surface area contributed by atoms with E-state index in [0.717, 1.165) is 0 Å². The molecule has 128 valence electrons. The average molecular weight is 446 g/mol. The van der Waals surface area contributed by atoms with Gasteiger partial charge in [-0.2, -0.15) is 4.31 Å². The predicted octanol–water partition coefficient (Wildman–Crippen LogP) is 3.22. The number of benzene rings is 1. The first kappa shape index (κ1) is 18.8. The van der Waals surface area contributed by atoms with E-state index < -0.39 is 16.1 Å². The van der Waals surface area contributed by atoms with Crippen LogP contribution in [0.3, 0.4) is 0 Å². The highest BCUT2D eigenvalue weighted by Gasteiger charge is 2.33. The van der Waals surface area contributed by atoms with E-state index in [9.17, 15) is 13.2 Å². The highest BCUT2D eigenvalue weighted by molar-refractivity contribution is 9.10. The maximum absolute atomic E-state index is 12.7. The fourth-order valence-corrected chi connectivity index (χ4v) is 5.54. The Bertz CT molecular complexity index is 683. The second-order valence-electron chi connectivity index (χ2n) is 4.79. The summed E-state index contributed by atoms with van der Waals surface area (Å²) in [6.45, 7) is 2.82. The van der Waals surface area contributed by atoms with Crippen molar-refractivity contribution >= 4 is 55.2 Å². The second kappa shape index (κ2) is 7.57. The minimum Gasteiger partial charge on any atom is -0.450 e. The van der Waals surface area contributed by atoms with Crippen molar-refractivity contribution < 1.29 is 17.9 Å². The standard InChI is InChI=1S/C13H15BrCl2N2O4S/c1-2-22-13(19)17-3-5-18(6-4-17)23(20,21)12-10(15)7-9(14)8-11(12)16/h7-8H,2-6H2,1H3. The fourth-order valence-electron chi connectivity index (χ4n) is 2.23. The van der Waals surface area contributed by atoms with Crippen molar-refractivity contribution in [2.75, 3.05) is 32.8 Å². The van der Waals surface area contributed by atoms with E-state index in [4.69, 9.17) is 27.9 Å². The molecule has 0 unspecified atom stereocenters. The Hall–Kier alpha value is -0.540. The number of amides is 1. The fraction of sp³-hybridized carbons (Fsp3) is 0.462. The molecule has 1 saturated heterocycles. The van der Waals surface area contributed by atoms with Crippen LogP contribution < -0.4 is 0 Å². The van der Waals surface area contributed by atoms with Crippen LogP contribution in [0.15, 0.2) is 21.5 Å². The van der Waals surface area contributed by atoms with E-state index in [1.165, 1.54) is 21.3 Å². The summed E-state index contributed by atoms with van der Waals surface area (Å²) < 4.78 is 32.3. The van der Waals surface area contributed by atoms with Crippen molar-refractivity contribution in [2.45, 2.75) is 11.8 Å². The van der Waals surface area contributed by atoms with Gasteiger partial charge in [-0.15, -0.1) is 0 Å². The van der Waals surface area contributed by atoms with Crippen molar-refractivity contribution in [3.8, 4) is 0 Å². The van der Waals surface area contributed by atoms with Crippen LogP contribution >= 0.6 is 39.1 Å². The SMILES string of the molecule is CCOC(=O)N1CCN(S(=O)(=O)c2c(Cl)cc(Br)cc2Cl)CC1. The molecule has 0 spiro atoms. The molecule has 0 N–H and O–H groups in total. The highest BCUT2D eigenvalue weighted by Crippen LogP contribution is 2.35. The molecule has 6 nitrogen and oxygen atoms in total. The monoisotopic (exact) mass is 444 g/mol. The van der Waals surface area contributed by atoms with Gasteiger partial charge in [-0.1, -0.05) is 39.1 Å².